The summed E-state index contributed by atoms with van der Waals surface area (Å²) in [5.74, 6) is 0.747. The molecule has 0 unspecified atom stereocenters. The van der Waals surface area contributed by atoms with Crippen LogP contribution >= 0.6 is 27.5 Å². The van der Waals surface area contributed by atoms with E-state index in [0.717, 1.165) is 30.7 Å². The van der Waals surface area contributed by atoms with E-state index in [2.05, 4.69) is 15.9 Å². The normalized spacial score (nSPS) is 11.5. The highest BCUT2D eigenvalue weighted by Crippen LogP contribution is 2.01. The van der Waals surface area contributed by atoms with Gasteiger partial charge in [-0.15, -0.1) is 11.6 Å². The second-order valence-corrected chi connectivity index (χ2v) is 9.09. The number of rotatable bonds is 35. The monoisotopic (exact) mass is 638 g/mol. The van der Waals surface area contributed by atoms with Crippen molar-refractivity contribution in [1.29, 1.82) is 0 Å². The van der Waals surface area contributed by atoms with E-state index >= 15 is 0 Å². The average Bonchev–Trinajstić information content (AvgIpc) is 2.93. The molecule has 0 rings (SSSR count). The van der Waals surface area contributed by atoms with Crippen molar-refractivity contribution in [2.45, 2.75) is 25.7 Å². The van der Waals surface area contributed by atoms with Crippen LogP contribution in [0.5, 0.6) is 0 Å². The molecule has 0 saturated carbocycles. The smallest absolute Gasteiger partial charge is 0.0701 e. The Morgan fingerprint density at radius 2 is 0.526 bits per heavy atom. The van der Waals surface area contributed by atoms with Crippen LogP contribution in [0.25, 0.3) is 0 Å². The van der Waals surface area contributed by atoms with E-state index in [1.807, 2.05) is 0 Å². The largest absolute Gasteiger partial charge is 0.379 e. The zero-order valence-corrected chi connectivity index (χ0v) is 25.6. The number of unbranched alkanes of at least 4 members (excludes halogenated alkanes) is 3. The van der Waals surface area contributed by atoms with Crippen molar-refractivity contribution in [3.8, 4) is 0 Å². The molecule has 0 spiro atoms. The Labute approximate surface area is 243 Å². The molecule has 0 N–H and O–H groups in total. The quantitative estimate of drug-likeness (QED) is 0.0760. The maximum absolute atomic E-state index is 5.64. The molecule has 0 amide bonds. The summed E-state index contributed by atoms with van der Waals surface area (Å²) >= 11 is 8.94. The molecule has 0 saturated heterocycles. The molecule has 0 aromatic carbocycles. The van der Waals surface area contributed by atoms with Crippen LogP contribution in [0.3, 0.4) is 0 Å². The van der Waals surface area contributed by atoms with E-state index in [9.17, 15) is 0 Å². The Bertz CT molecular complexity index is 380. The topological polar surface area (TPSA) is 92.3 Å². The SMILES string of the molecule is ClCCCCCCOCCOCCOCCOCCOCCOCCOCCOCCOCCOCCBr. The number of hydrogen-bond donors (Lipinski definition) is 0. The van der Waals surface area contributed by atoms with Gasteiger partial charge in [0.2, 0.25) is 0 Å². The van der Waals surface area contributed by atoms with Crippen LogP contribution in [-0.4, -0.2) is 143 Å². The second kappa shape index (κ2) is 37.4. The maximum Gasteiger partial charge on any atom is 0.0701 e. The predicted molar refractivity (Wildman–Crippen MR) is 151 cm³/mol. The van der Waals surface area contributed by atoms with Gasteiger partial charge in [-0.3, -0.25) is 0 Å². The summed E-state index contributed by atoms with van der Waals surface area (Å²) in [6, 6.07) is 0. The average molecular weight is 640 g/mol. The number of hydrogen-bond acceptors (Lipinski definition) is 10. The lowest BCUT2D eigenvalue weighted by atomic mass is 10.2. The van der Waals surface area contributed by atoms with Gasteiger partial charge in [0.15, 0.2) is 0 Å². The fourth-order valence-corrected chi connectivity index (χ4v) is 3.21. The first-order valence-electron chi connectivity index (χ1n) is 13.8. The summed E-state index contributed by atoms with van der Waals surface area (Å²) in [5, 5.41) is 0.841. The Balaban J connectivity index is 3.01. The van der Waals surface area contributed by atoms with Gasteiger partial charge >= 0.3 is 0 Å². The van der Waals surface area contributed by atoms with Crippen molar-refractivity contribution in [2.75, 3.05) is 143 Å². The predicted octanol–water partition coefficient (Wildman–Crippen LogP) is 3.35. The van der Waals surface area contributed by atoms with Crippen LogP contribution < -0.4 is 0 Å². The van der Waals surface area contributed by atoms with E-state index in [1.165, 1.54) is 12.8 Å². The molecular formula is C26H52BrClO10. The molecule has 230 valence electrons. The van der Waals surface area contributed by atoms with E-state index in [-0.39, 0.29) is 0 Å². The Morgan fingerprint density at radius 1 is 0.289 bits per heavy atom. The van der Waals surface area contributed by atoms with Crippen LogP contribution in [-0.2, 0) is 47.4 Å². The lowest BCUT2D eigenvalue weighted by molar-refractivity contribution is -0.0262. The first kappa shape index (κ1) is 38.4. The highest BCUT2D eigenvalue weighted by molar-refractivity contribution is 9.09. The third kappa shape index (κ3) is 36.4. The first-order chi connectivity index (χ1) is 18.9. The van der Waals surface area contributed by atoms with Crippen LogP contribution in [0, 0.1) is 0 Å². The molecule has 0 fully saturated rings. The molecule has 0 heterocycles. The maximum atomic E-state index is 5.64. The molecule has 0 aliphatic carbocycles. The zero-order chi connectivity index (χ0) is 27.5. The van der Waals surface area contributed by atoms with Crippen LogP contribution in [0.4, 0.5) is 0 Å². The molecule has 10 nitrogen and oxygen atoms in total. The van der Waals surface area contributed by atoms with Crippen LogP contribution in [0.2, 0.25) is 0 Å². The molecule has 0 aromatic heterocycles. The number of ether oxygens (including phenoxy) is 10. The Hall–Kier alpha value is 0.370. The molecular weight excluding hydrogens is 588 g/mol. The molecule has 0 radical (unpaired) electrons. The zero-order valence-electron chi connectivity index (χ0n) is 23.2. The molecule has 12 heteroatoms. The van der Waals surface area contributed by atoms with Gasteiger partial charge in [-0.2, -0.15) is 0 Å². The van der Waals surface area contributed by atoms with Crippen LogP contribution in [0.1, 0.15) is 25.7 Å². The standard InChI is InChI=1S/C26H52BrClO10/c27-5-8-30-10-12-32-14-16-34-18-20-36-22-24-38-26-25-37-23-21-35-19-17-33-15-13-31-11-9-29-7-4-2-1-3-6-28/h1-26H2. The lowest BCUT2D eigenvalue weighted by Crippen LogP contribution is -2.15. The van der Waals surface area contributed by atoms with Gasteiger partial charge in [0, 0.05) is 17.8 Å². The Morgan fingerprint density at radius 3 is 0.789 bits per heavy atom. The molecule has 0 aliphatic heterocycles. The van der Waals surface area contributed by atoms with Gasteiger partial charge in [0.05, 0.1) is 126 Å². The molecule has 0 aromatic rings. The molecule has 38 heavy (non-hydrogen) atoms. The van der Waals surface area contributed by atoms with Crippen molar-refractivity contribution >= 4 is 27.5 Å². The third-order valence-corrected chi connectivity index (χ3v) is 5.33. The van der Waals surface area contributed by atoms with E-state index in [1.54, 1.807) is 0 Å². The van der Waals surface area contributed by atoms with Crippen molar-refractivity contribution < 1.29 is 47.4 Å². The summed E-state index contributed by atoms with van der Waals surface area (Å²) < 4.78 is 54.4. The summed E-state index contributed by atoms with van der Waals surface area (Å²) in [5.41, 5.74) is 0. The van der Waals surface area contributed by atoms with Gasteiger partial charge in [-0.05, 0) is 12.8 Å². The van der Waals surface area contributed by atoms with E-state index in [4.69, 9.17) is 59.0 Å². The third-order valence-electron chi connectivity index (χ3n) is 4.74. The number of halogens is 2. The minimum Gasteiger partial charge on any atom is -0.379 e. The van der Waals surface area contributed by atoms with E-state index < -0.39 is 0 Å². The molecule has 0 bridgehead atoms. The van der Waals surface area contributed by atoms with Crippen molar-refractivity contribution in [2.24, 2.45) is 0 Å². The summed E-state index contributed by atoms with van der Waals surface area (Å²) in [6.07, 6.45) is 4.51. The van der Waals surface area contributed by atoms with Gasteiger partial charge in [0.1, 0.15) is 0 Å². The van der Waals surface area contributed by atoms with Crippen LogP contribution in [0.15, 0.2) is 0 Å². The van der Waals surface area contributed by atoms with Crippen molar-refractivity contribution in [1.82, 2.24) is 0 Å². The highest BCUT2D eigenvalue weighted by atomic mass is 79.9. The fraction of sp³-hybridized carbons (Fsp3) is 1.00. The fourth-order valence-electron chi connectivity index (χ4n) is 2.79. The minimum absolute atomic E-state index is 0.527. The highest BCUT2D eigenvalue weighted by Gasteiger charge is 1.96. The molecule has 0 atom stereocenters. The van der Waals surface area contributed by atoms with Gasteiger partial charge in [-0.25, -0.2) is 0 Å². The Kier molecular flexibility index (Phi) is 37.7. The minimum atomic E-state index is 0.527. The van der Waals surface area contributed by atoms with Gasteiger partial charge in [0.25, 0.3) is 0 Å². The summed E-state index contributed by atoms with van der Waals surface area (Å²) in [6.45, 7) is 11.4. The molecule has 0 aliphatic rings. The number of alkyl halides is 2. The first-order valence-corrected chi connectivity index (χ1v) is 15.5. The van der Waals surface area contributed by atoms with Gasteiger partial charge < -0.3 is 47.4 Å². The lowest BCUT2D eigenvalue weighted by Gasteiger charge is -2.09. The second-order valence-electron chi connectivity index (χ2n) is 7.92. The summed E-state index contributed by atoms with van der Waals surface area (Å²) in [7, 11) is 0. The van der Waals surface area contributed by atoms with E-state index in [0.29, 0.717) is 126 Å². The summed E-state index contributed by atoms with van der Waals surface area (Å²) in [4.78, 5) is 0. The van der Waals surface area contributed by atoms with Gasteiger partial charge in [-0.1, -0.05) is 28.8 Å². The van der Waals surface area contributed by atoms with Crippen molar-refractivity contribution in [3.05, 3.63) is 0 Å². The van der Waals surface area contributed by atoms with Crippen molar-refractivity contribution in [3.63, 3.8) is 0 Å².